The van der Waals surface area contributed by atoms with Crippen molar-refractivity contribution in [2.45, 2.75) is 25.1 Å². The predicted molar refractivity (Wildman–Crippen MR) is 78.4 cm³/mol. The Morgan fingerprint density at radius 3 is 2.14 bits per heavy atom. The summed E-state index contributed by atoms with van der Waals surface area (Å²) in [7, 11) is 0. The highest BCUT2D eigenvalue weighted by molar-refractivity contribution is 9.10. The highest BCUT2D eigenvalue weighted by Crippen LogP contribution is 2.30. The summed E-state index contributed by atoms with van der Waals surface area (Å²) in [5.41, 5.74) is 0.121. The fourth-order valence-corrected chi connectivity index (χ4v) is 2.10. The summed E-state index contributed by atoms with van der Waals surface area (Å²) in [5, 5.41) is 8.69. The molecule has 0 aliphatic carbocycles. The van der Waals surface area contributed by atoms with E-state index in [9.17, 15) is 19.2 Å². The minimum atomic E-state index is -1.13. The van der Waals surface area contributed by atoms with Crippen molar-refractivity contribution in [3.8, 4) is 11.5 Å². The predicted octanol–water partition coefficient (Wildman–Crippen LogP) is 1.96. The Bertz CT molecular complexity index is 624. The maximum Gasteiger partial charge on any atom is 0.308 e. The van der Waals surface area contributed by atoms with Gasteiger partial charge in [0.2, 0.25) is 0 Å². The molecule has 1 aromatic carbocycles. The molecule has 0 bridgehead atoms. The van der Waals surface area contributed by atoms with Gasteiger partial charge in [-0.2, -0.15) is 0 Å². The number of carboxylic acids is 1. The summed E-state index contributed by atoms with van der Waals surface area (Å²) in [5.74, 6) is -3.00. The zero-order valence-electron chi connectivity index (χ0n) is 11.8. The number of ketones is 1. The summed E-state index contributed by atoms with van der Waals surface area (Å²) in [6.07, 6.45) is -0.395. The normalized spacial score (nSPS) is 11.4. The van der Waals surface area contributed by atoms with Crippen molar-refractivity contribution in [3.63, 3.8) is 0 Å². The maximum atomic E-state index is 12.1. The van der Waals surface area contributed by atoms with E-state index >= 15 is 0 Å². The number of carbonyl (C=O) groups is 4. The van der Waals surface area contributed by atoms with Gasteiger partial charge in [0.1, 0.15) is 0 Å². The zero-order valence-corrected chi connectivity index (χ0v) is 13.4. The topological polar surface area (TPSA) is 107 Å². The van der Waals surface area contributed by atoms with Gasteiger partial charge in [0.25, 0.3) is 0 Å². The van der Waals surface area contributed by atoms with Crippen LogP contribution in [0.4, 0.5) is 0 Å². The minimum absolute atomic E-state index is 0.0105. The smallest absolute Gasteiger partial charge is 0.308 e. The number of alkyl halides is 1. The molecule has 0 amide bonds. The molecule has 0 spiro atoms. The minimum Gasteiger partial charge on any atom is -0.481 e. The first-order chi connectivity index (χ1) is 10.2. The average molecular weight is 373 g/mol. The highest BCUT2D eigenvalue weighted by atomic mass is 79.9. The van der Waals surface area contributed by atoms with Crippen molar-refractivity contribution >= 4 is 39.6 Å². The standard InChI is InChI=1S/C14H13BrO7/c1-7(16)21-11-4-3-9(5-12(11)22-8(2)17)14(20)10(15)6-13(18)19/h3-5,10H,6H2,1-2H3,(H,18,19). The van der Waals surface area contributed by atoms with Crippen LogP contribution in [0.5, 0.6) is 11.5 Å². The SMILES string of the molecule is CC(=O)Oc1ccc(C(=O)C(Br)CC(=O)O)cc1OC(C)=O. The molecule has 0 radical (unpaired) electrons. The van der Waals surface area contributed by atoms with Gasteiger partial charge in [-0.05, 0) is 18.2 Å². The lowest BCUT2D eigenvalue weighted by Crippen LogP contribution is -2.18. The van der Waals surface area contributed by atoms with E-state index in [2.05, 4.69) is 15.9 Å². The fourth-order valence-electron chi connectivity index (χ4n) is 1.56. The molecular weight excluding hydrogens is 360 g/mol. The molecule has 0 saturated heterocycles. The molecule has 0 aliphatic rings. The number of ether oxygens (including phenoxy) is 2. The van der Waals surface area contributed by atoms with Crippen molar-refractivity contribution < 1.29 is 33.8 Å². The second kappa shape index (κ2) is 7.69. The van der Waals surface area contributed by atoms with Gasteiger partial charge in [-0.3, -0.25) is 19.2 Å². The van der Waals surface area contributed by atoms with Crippen LogP contribution in [0.2, 0.25) is 0 Å². The van der Waals surface area contributed by atoms with E-state index in [1.165, 1.54) is 25.1 Å². The first kappa shape index (κ1) is 17.8. The molecule has 118 valence electrons. The number of aliphatic carboxylic acids is 1. The van der Waals surface area contributed by atoms with Crippen LogP contribution in [0.15, 0.2) is 18.2 Å². The van der Waals surface area contributed by atoms with E-state index in [1.807, 2.05) is 0 Å². The third kappa shape index (κ3) is 5.28. The number of hydrogen-bond acceptors (Lipinski definition) is 6. The van der Waals surface area contributed by atoms with E-state index in [0.717, 1.165) is 6.92 Å². The second-order valence-corrected chi connectivity index (χ2v) is 5.38. The molecule has 1 aromatic rings. The number of Topliss-reactive ketones (excluding diaryl/α,β-unsaturated/α-hetero) is 1. The Kier molecular flexibility index (Phi) is 6.24. The number of hydrogen-bond donors (Lipinski definition) is 1. The Labute approximate surface area is 134 Å². The van der Waals surface area contributed by atoms with Crippen molar-refractivity contribution in [1.29, 1.82) is 0 Å². The Morgan fingerprint density at radius 2 is 1.64 bits per heavy atom. The molecule has 0 aromatic heterocycles. The van der Waals surface area contributed by atoms with E-state index < -0.39 is 34.9 Å². The molecule has 0 heterocycles. The summed E-state index contributed by atoms with van der Waals surface area (Å²) >= 11 is 2.99. The lowest BCUT2D eigenvalue weighted by atomic mass is 10.1. The Balaban J connectivity index is 3.12. The van der Waals surface area contributed by atoms with E-state index in [1.54, 1.807) is 0 Å². The number of carbonyl (C=O) groups excluding carboxylic acids is 3. The monoisotopic (exact) mass is 372 g/mol. The first-order valence-electron chi connectivity index (χ1n) is 6.11. The van der Waals surface area contributed by atoms with Gasteiger partial charge in [-0.25, -0.2) is 0 Å². The Hall–Kier alpha value is -2.22. The van der Waals surface area contributed by atoms with Crippen molar-refractivity contribution in [1.82, 2.24) is 0 Å². The number of esters is 2. The van der Waals surface area contributed by atoms with E-state index in [4.69, 9.17) is 14.6 Å². The molecule has 1 rings (SSSR count). The van der Waals surface area contributed by atoms with Crippen LogP contribution in [0, 0.1) is 0 Å². The molecule has 1 N–H and O–H groups in total. The molecule has 22 heavy (non-hydrogen) atoms. The highest BCUT2D eigenvalue weighted by Gasteiger charge is 2.22. The summed E-state index contributed by atoms with van der Waals surface area (Å²) in [6.45, 7) is 2.34. The lowest BCUT2D eigenvalue weighted by molar-refractivity contribution is -0.137. The number of carboxylic acid groups (broad SMARTS) is 1. The number of halogens is 1. The van der Waals surface area contributed by atoms with Crippen molar-refractivity contribution in [2.75, 3.05) is 0 Å². The lowest BCUT2D eigenvalue weighted by Gasteiger charge is -2.11. The summed E-state index contributed by atoms with van der Waals surface area (Å²) in [4.78, 5) is 43.9. The molecule has 7 nitrogen and oxygen atoms in total. The third-order valence-corrected chi connectivity index (χ3v) is 3.11. The third-order valence-electron chi connectivity index (χ3n) is 2.37. The second-order valence-electron chi connectivity index (χ2n) is 4.28. The fraction of sp³-hybridized carbons (Fsp3) is 0.286. The van der Waals surface area contributed by atoms with Gasteiger partial charge in [-0.15, -0.1) is 0 Å². The van der Waals surface area contributed by atoms with Gasteiger partial charge in [-0.1, -0.05) is 15.9 Å². The van der Waals surface area contributed by atoms with Gasteiger partial charge in [0, 0.05) is 19.4 Å². The van der Waals surface area contributed by atoms with E-state index in [0.29, 0.717) is 0 Å². The van der Waals surface area contributed by atoms with Crippen LogP contribution in [-0.4, -0.2) is 33.6 Å². The molecule has 1 unspecified atom stereocenters. The van der Waals surface area contributed by atoms with Gasteiger partial charge in [0.05, 0.1) is 11.2 Å². The van der Waals surface area contributed by atoms with Gasteiger partial charge >= 0.3 is 17.9 Å². The molecule has 8 heteroatoms. The molecule has 0 saturated carbocycles. The van der Waals surface area contributed by atoms with E-state index in [-0.39, 0.29) is 17.1 Å². The average Bonchev–Trinajstić information content (AvgIpc) is 2.38. The quantitative estimate of drug-likeness (QED) is 0.352. The van der Waals surface area contributed by atoms with Crippen LogP contribution in [0.1, 0.15) is 30.6 Å². The number of rotatable bonds is 6. The Morgan fingerprint density at radius 1 is 1.09 bits per heavy atom. The van der Waals surface area contributed by atoms with Crippen molar-refractivity contribution in [3.05, 3.63) is 23.8 Å². The van der Waals surface area contributed by atoms with Crippen LogP contribution < -0.4 is 9.47 Å². The number of benzene rings is 1. The van der Waals surface area contributed by atoms with Gasteiger partial charge in [0.15, 0.2) is 17.3 Å². The first-order valence-corrected chi connectivity index (χ1v) is 7.03. The zero-order chi connectivity index (χ0) is 16.9. The van der Waals surface area contributed by atoms with Gasteiger partial charge < -0.3 is 14.6 Å². The van der Waals surface area contributed by atoms with Crippen molar-refractivity contribution in [2.24, 2.45) is 0 Å². The summed E-state index contributed by atoms with van der Waals surface area (Å²) in [6, 6.07) is 3.87. The molecule has 0 aliphatic heterocycles. The van der Waals surface area contributed by atoms with Crippen LogP contribution in [-0.2, 0) is 14.4 Å². The molecular formula is C14H13BrO7. The maximum absolute atomic E-state index is 12.1. The molecule has 0 fully saturated rings. The van der Waals surface area contributed by atoms with Crippen LogP contribution in [0.25, 0.3) is 0 Å². The van der Waals surface area contributed by atoms with Crippen LogP contribution in [0.3, 0.4) is 0 Å². The van der Waals surface area contributed by atoms with Crippen LogP contribution >= 0.6 is 15.9 Å². The molecule has 1 atom stereocenters. The summed E-state index contributed by atoms with van der Waals surface area (Å²) < 4.78 is 9.77. The largest absolute Gasteiger partial charge is 0.481 e.